The lowest BCUT2D eigenvalue weighted by atomic mass is 9.98. The van der Waals surface area contributed by atoms with E-state index in [0.29, 0.717) is 30.0 Å². The molecule has 9 heteroatoms. The van der Waals surface area contributed by atoms with Crippen molar-refractivity contribution >= 4 is 0 Å². The maximum absolute atomic E-state index is 13.1. The molecule has 0 aliphatic carbocycles. The van der Waals surface area contributed by atoms with Gasteiger partial charge in [-0.05, 0) is 43.7 Å². The number of benzene rings is 1. The molecule has 0 radical (unpaired) electrons. The van der Waals surface area contributed by atoms with Crippen molar-refractivity contribution in [2.45, 2.75) is 31.8 Å². The van der Waals surface area contributed by atoms with Gasteiger partial charge in [-0.25, -0.2) is 4.39 Å². The maximum Gasteiger partial charge on any atom is 0.240 e. The first kappa shape index (κ1) is 16.8. The molecule has 0 amide bonds. The van der Waals surface area contributed by atoms with Crippen molar-refractivity contribution in [3.8, 4) is 11.4 Å². The van der Waals surface area contributed by atoms with Crippen molar-refractivity contribution in [1.82, 2.24) is 25.2 Å². The van der Waals surface area contributed by atoms with E-state index in [0.717, 1.165) is 31.5 Å². The van der Waals surface area contributed by atoms with Crippen LogP contribution in [0, 0.1) is 5.82 Å². The van der Waals surface area contributed by atoms with Crippen molar-refractivity contribution in [2.75, 3.05) is 13.1 Å². The molecule has 0 bridgehead atoms. The fourth-order valence-corrected chi connectivity index (χ4v) is 3.16. The number of piperidine rings is 1. The lowest BCUT2D eigenvalue weighted by Crippen LogP contribution is -2.34. The second kappa shape index (κ2) is 7.30. The molecule has 1 aliphatic heterocycles. The van der Waals surface area contributed by atoms with E-state index < -0.39 is 0 Å². The average molecular weight is 358 g/mol. The highest BCUT2D eigenvalue weighted by Crippen LogP contribution is 2.28. The number of hydrogen-bond acceptors (Lipinski definition) is 8. The van der Waals surface area contributed by atoms with E-state index in [-0.39, 0.29) is 18.3 Å². The van der Waals surface area contributed by atoms with Crippen LogP contribution in [0.2, 0.25) is 0 Å². The van der Waals surface area contributed by atoms with Gasteiger partial charge in [-0.15, -0.1) is 0 Å². The van der Waals surface area contributed by atoms with Gasteiger partial charge in [0, 0.05) is 12.1 Å². The smallest absolute Gasteiger partial charge is 0.240 e. The molecule has 8 nitrogen and oxygen atoms in total. The topological polar surface area (TPSA) is 107 Å². The van der Waals surface area contributed by atoms with Gasteiger partial charge in [-0.3, -0.25) is 4.90 Å². The minimum absolute atomic E-state index is 0.145. The summed E-state index contributed by atoms with van der Waals surface area (Å²) in [6.45, 7) is 2.56. The first-order chi connectivity index (χ1) is 12.7. The number of rotatable bonds is 5. The number of likely N-dealkylation sites (tertiary alicyclic amines) is 1. The predicted octanol–water partition coefficient (Wildman–Crippen LogP) is 2.10. The minimum Gasteiger partial charge on any atom is -0.339 e. The molecule has 3 aromatic rings. The molecule has 2 N–H and O–H groups in total. The lowest BCUT2D eigenvalue weighted by molar-refractivity contribution is 0.175. The predicted molar refractivity (Wildman–Crippen MR) is 89.1 cm³/mol. The maximum atomic E-state index is 13.1. The molecule has 1 aromatic carbocycles. The number of nitrogens with zero attached hydrogens (tertiary/aromatic N) is 5. The van der Waals surface area contributed by atoms with E-state index >= 15 is 0 Å². The van der Waals surface area contributed by atoms with Gasteiger partial charge in [0.05, 0.1) is 19.0 Å². The Morgan fingerprint density at radius 3 is 2.77 bits per heavy atom. The summed E-state index contributed by atoms with van der Waals surface area (Å²) in [5.74, 6) is 2.00. The average Bonchev–Trinajstić information content (AvgIpc) is 3.32. The molecular formula is C17H19FN6O2. The highest BCUT2D eigenvalue weighted by atomic mass is 19.1. The van der Waals surface area contributed by atoms with Crippen molar-refractivity contribution < 1.29 is 13.4 Å². The van der Waals surface area contributed by atoms with Gasteiger partial charge in [0.25, 0.3) is 0 Å². The van der Waals surface area contributed by atoms with Crippen LogP contribution in [0.3, 0.4) is 0 Å². The Balaban J connectivity index is 1.43. The number of nitrogens with two attached hydrogens (primary N) is 1. The largest absolute Gasteiger partial charge is 0.339 e. The third-order valence-electron chi connectivity index (χ3n) is 4.45. The highest BCUT2D eigenvalue weighted by molar-refractivity contribution is 5.53. The van der Waals surface area contributed by atoms with Crippen molar-refractivity contribution in [3.05, 3.63) is 47.7 Å². The van der Waals surface area contributed by atoms with E-state index in [4.69, 9.17) is 14.8 Å². The molecule has 0 spiro atoms. The molecule has 1 fully saturated rings. The zero-order valence-electron chi connectivity index (χ0n) is 14.1. The van der Waals surface area contributed by atoms with E-state index in [1.807, 2.05) is 0 Å². The second-order valence-corrected chi connectivity index (χ2v) is 6.35. The van der Waals surface area contributed by atoms with Crippen LogP contribution < -0.4 is 5.73 Å². The number of halogens is 1. The molecule has 1 unspecified atom stereocenters. The Hall–Kier alpha value is -2.65. The third-order valence-corrected chi connectivity index (χ3v) is 4.45. The number of hydrogen-bond donors (Lipinski definition) is 1. The van der Waals surface area contributed by atoms with Gasteiger partial charge in [0.1, 0.15) is 5.82 Å². The molecular weight excluding hydrogens is 339 g/mol. The van der Waals surface area contributed by atoms with Crippen molar-refractivity contribution in [2.24, 2.45) is 5.73 Å². The van der Waals surface area contributed by atoms with Crippen LogP contribution in [0.1, 0.15) is 36.4 Å². The molecule has 4 rings (SSSR count). The zero-order chi connectivity index (χ0) is 17.9. The molecule has 26 heavy (non-hydrogen) atoms. The third kappa shape index (κ3) is 3.63. The number of aromatic nitrogens is 4. The Labute approximate surface area is 149 Å². The van der Waals surface area contributed by atoms with E-state index in [2.05, 4.69) is 25.2 Å². The Morgan fingerprint density at radius 2 is 2.00 bits per heavy atom. The molecule has 2 aromatic heterocycles. The van der Waals surface area contributed by atoms with E-state index in [1.165, 1.54) is 12.1 Å². The Bertz CT molecular complexity index is 862. The molecule has 1 saturated heterocycles. The summed E-state index contributed by atoms with van der Waals surface area (Å²) in [5.41, 5.74) is 6.23. The van der Waals surface area contributed by atoms with Crippen LogP contribution >= 0.6 is 0 Å². The van der Waals surface area contributed by atoms with Crippen LogP contribution in [-0.4, -0.2) is 38.3 Å². The summed E-state index contributed by atoms with van der Waals surface area (Å²) in [5, 5.41) is 7.97. The summed E-state index contributed by atoms with van der Waals surface area (Å²) in [7, 11) is 0. The Morgan fingerprint density at radius 1 is 1.15 bits per heavy atom. The van der Waals surface area contributed by atoms with Crippen molar-refractivity contribution in [3.63, 3.8) is 0 Å². The summed E-state index contributed by atoms with van der Waals surface area (Å²) < 4.78 is 23.6. The van der Waals surface area contributed by atoms with Crippen LogP contribution in [0.15, 0.2) is 33.3 Å². The van der Waals surface area contributed by atoms with Crippen LogP contribution in [-0.2, 0) is 13.1 Å². The minimum atomic E-state index is -0.292. The summed E-state index contributed by atoms with van der Waals surface area (Å²) in [6.07, 6.45) is 1.99. The fourth-order valence-electron chi connectivity index (χ4n) is 3.16. The van der Waals surface area contributed by atoms with Crippen LogP contribution in [0.5, 0.6) is 0 Å². The molecule has 1 atom stereocenters. The normalized spacial score (nSPS) is 18.3. The molecule has 0 saturated carbocycles. The quantitative estimate of drug-likeness (QED) is 0.739. The molecule has 136 valence electrons. The molecule has 3 heterocycles. The highest BCUT2D eigenvalue weighted by Gasteiger charge is 2.27. The van der Waals surface area contributed by atoms with E-state index in [1.54, 1.807) is 12.1 Å². The van der Waals surface area contributed by atoms with Gasteiger partial charge < -0.3 is 14.8 Å². The van der Waals surface area contributed by atoms with Gasteiger partial charge in [0.15, 0.2) is 5.82 Å². The standard InChI is InChI=1S/C17H19FN6O2/c18-13-5-3-11(4-6-13)16-21-17(26-23-16)12-2-1-7-24(9-12)10-14-20-15(8-19)25-22-14/h3-6,12H,1-2,7-10,19H2. The van der Waals surface area contributed by atoms with Crippen LogP contribution in [0.25, 0.3) is 11.4 Å². The van der Waals surface area contributed by atoms with Gasteiger partial charge >= 0.3 is 0 Å². The zero-order valence-corrected chi connectivity index (χ0v) is 14.1. The summed E-state index contributed by atoms with van der Waals surface area (Å²) in [6, 6.07) is 6.05. The SMILES string of the molecule is NCc1nc(CN2CCCC(c3nc(-c4ccc(F)cc4)no3)C2)no1. The summed E-state index contributed by atoms with van der Waals surface area (Å²) in [4.78, 5) is 11.0. The first-order valence-electron chi connectivity index (χ1n) is 8.54. The van der Waals surface area contributed by atoms with Gasteiger partial charge in [-0.1, -0.05) is 10.3 Å². The van der Waals surface area contributed by atoms with Crippen LogP contribution in [0.4, 0.5) is 4.39 Å². The molecule has 1 aliphatic rings. The summed E-state index contributed by atoms with van der Waals surface area (Å²) >= 11 is 0. The monoisotopic (exact) mass is 358 g/mol. The first-order valence-corrected chi connectivity index (χ1v) is 8.54. The fraction of sp³-hybridized carbons (Fsp3) is 0.412. The second-order valence-electron chi connectivity index (χ2n) is 6.35. The van der Waals surface area contributed by atoms with Crippen molar-refractivity contribution in [1.29, 1.82) is 0 Å². The lowest BCUT2D eigenvalue weighted by Gasteiger charge is -2.29. The van der Waals surface area contributed by atoms with Gasteiger partial charge in [0.2, 0.25) is 17.6 Å². The van der Waals surface area contributed by atoms with E-state index in [9.17, 15) is 4.39 Å². The van der Waals surface area contributed by atoms with Gasteiger partial charge in [-0.2, -0.15) is 9.97 Å². The Kier molecular flexibility index (Phi) is 4.72.